The van der Waals surface area contributed by atoms with Gasteiger partial charge in [-0.1, -0.05) is 30.0 Å². The van der Waals surface area contributed by atoms with E-state index in [0.717, 1.165) is 10.8 Å². The summed E-state index contributed by atoms with van der Waals surface area (Å²) in [5, 5.41) is 0.862. The molecule has 2 N–H and O–H groups in total. The van der Waals surface area contributed by atoms with Crippen molar-refractivity contribution in [2.45, 2.75) is 24.3 Å². The normalized spacial score (nSPS) is 12.2. The van der Waals surface area contributed by atoms with E-state index in [1.165, 1.54) is 5.56 Å². The smallest absolute Gasteiger partial charge is 0.229 e. The van der Waals surface area contributed by atoms with E-state index >= 15 is 0 Å². The van der Waals surface area contributed by atoms with E-state index in [1.807, 2.05) is 44.2 Å². The van der Waals surface area contributed by atoms with E-state index in [4.69, 9.17) is 5.73 Å². The van der Waals surface area contributed by atoms with Crippen LogP contribution in [0.25, 0.3) is 5.69 Å². The zero-order valence-corrected chi connectivity index (χ0v) is 15.5. The number of nitrogens with zero attached hydrogens (tertiary/aromatic N) is 6. The van der Waals surface area contributed by atoms with Crippen LogP contribution in [0, 0.1) is 6.92 Å². The number of rotatable bonds is 5. The highest BCUT2D eigenvalue weighted by Gasteiger charge is 2.18. The minimum atomic E-state index is -0.0193. The number of thioether (sulfide) groups is 1. The lowest BCUT2D eigenvalue weighted by atomic mass is 10.2. The quantitative estimate of drug-likeness (QED) is 0.704. The van der Waals surface area contributed by atoms with Gasteiger partial charge in [-0.3, -0.25) is 4.57 Å². The van der Waals surface area contributed by atoms with Gasteiger partial charge in [-0.15, -0.1) is 0 Å². The van der Waals surface area contributed by atoms with Crippen LogP contribution in [0.5, 0.6) is 0 Å². The van der Waals surface area contributed by atoms with Crippen molar-refractivity contribution in [2.75, 3.05) is 24.7 Å². The summed E-state index contributed by atoms with van der Waals surface area (Å²) in [6, 6.07) is 8.22. The summed E-state index contributed by atoms with van der Waals surface area (Å²) in [5.74, 6) is 1.42. The zero-order valence-electron chi connectivity index (χ0n) is 14.7. The minimum Gasteiger partial charge on any atom is -0.368 e. The predicted molar refractivity (Wildman–Crippen MR) is 101 cm³/mol. The van der Waals surface area contributed by atoms with Crippen molar-refractivity contribution in [3.8, 4) is 5.69 Å². The van der Waals surface area contributed by atoms with Gasteiger partial charge in [0.25, 0.3) is 0 Å². The van der Waals surface area contributed by atoms with E-state index in [0.29, 0.717) is 11.8 Å². The van der Waals surface area contributed by atoms with Crippen molar-refractivity contribution in [3.05, 3.63) is 48.0 Å². The Balaban J connectivity index is 1.89. The van der Waals surface area contributed by atoms with Crippen molar-refractivity contribution < 1.29 is 0 Å². The molecule has 7 nitrogen and oxygen atoms in total. The highest BCUT2D eigenvalue weighted by atomic mass is 32.2. The maximum absolute atomic E-state index is 5.83. The standard InChI is InChI=1S/C17H21N7S/c1-11-7-5-6-8-13(11)24-10-9-19-17(24)25-12(2)14-20-15(18)22-16(21-14)23(3)4/h5-10,12H,1-4H3,(H2,18,20,21,22). The molecule has 2 heterocycles. The Bertz CT molecular complexity index is 875. The summed E-state index contributed by atoms with van der Waals surface area (Å²) >= 11 is 1.59. The van der Waals surface area contributed by atoms with Crippen molar-refractivity contribution in [2.24, 2.45) is 0 Å². The molecule has 0 aliphatic heterocycles. The molecule has 8 heteroatoms. The maximum atomic E-state index is 5.83. The van der Waals surface area contributed by atoms with Crippen LogP contribution >= 0.6 is 11.8 Å². The van der Waals surface area contributed by atoms with E-state index in [-0.39, 0.29) is 11.2 Å². The lowest BCUT2D eigenvalue weighted by Crippen LogP contribution is -2.16. The zero-order chi connectivity index (χ0) is 18.0. The summed E-state index contributed by atoms with van der Waals surface area (Å²) in [5.41, 5.74) is 8.13. The molecule has 0 bridgehead atoms. The van der Waals surface area contributed by atoms with Crippen LogP contribution in [0.4, 0.5) is 11.9 Å². The predicted octanol–water partition coefficient (Wildman–Crippen LogP) is 2.87. The van der Waals surface area contributed by atoms with Crippen molar-refractivity contribution >= 4 is 23.7 Å². The molecule has 0 saturated heterocycles. The van der Waals surface area contributed by atoms with Gasteiger partial charge in [-0.25, -0.2) is 4.98 Å². The SMILES string of the molecule is Cc1ccccc1-n1ccnc1SC(C)c1nc(N)nc(N(C)C)n1. The number of nitrogens with two attached hydrogens (primary N) is 1. The molecule has 0 amide bonds. The van der Waals surface area contributed by atoms with Crippen LogP contribution in [0.15, 0.2) is 41.8 Å². The van der Waals surface area contributed by atoms with E-state index in [2.05, 4.69) is 43.6 Å². The van der Waals surface area contributed by atoms with Gasteiger partial charge in [-0.2, -0.15) is 15.0 Å². The molecule has 0 aliphatic carbocycles. The van der Waals surface area contributed by atoms with Crippen LogP contribution in [0.2, 0.25) is 0 Å². The Kier molecular flexibility index (Phi) is 4.89. The lowest BCUT2D eigenvalue weighted by molar-refractivity contribution is 0.845. The number of aromatic nitrogens is 5. The molecule has 0 spiro atoms. The highest BCUT2D eigenvalue weighted by molar-refractivity contribution is 7.99. The van der Waals surface area contributed by atoms with Gasteiger partial charge < -0.3 is 10.6 Å². The van der Waals surface area contributed by atoms with Gasteiger partial charge in [0.05, 0.1) is 10.9 Å². The fourth-order valence-corrected chi connectivity index (χ4v) is 3.31. The first kappa shape index (κ1) is 17.2. The molecule has 2 aromatic heterocycles. The third-order valence-electron chi connectivity index (χ3n) is 3.69. The third-order valence-corrected chi connectivity index (χ3v) is 4.76. The Morgan fingerprint density at radius 1 is 1.16 bits per heavy atom. The second-order valence-electron chi connectivity index (χ2n) is 5.87. The first-order chi connectivity index (χ1) is 12.0. The second-order valence-corrected chi connectivity index (χ2v) is 7.18. The summed E-state index contributed by atoms with van der Waals surface area (Å²) in [6.07, 6.45) is 3.76. The van der Waals surface area contributed by atoms with Gasteiger partial charge in [0.2, 0.25) is 11.9 Å². The van der Waals surface area contributed by atoms with Crippen molar-refractivity contribution in [1.82, 2.24) is 24.5 Å². The van der Waals surface area contributed by atoms with E-state index < -0.39 is 0 Å². The van der Waals surface area contributed by atoms with Gasteiger partial charge in [0, 0.05) is 26.5 Å². The Morgan fingerprint density at radius 3 is 2.64 bits per heavy atom. The molecule has 130 valence electrons. The number of benzene rings is 1. The monoisotopic (exact) mass is 355 g/mol. The average molecular weight is 355 g/mol. The number of hydrogen-bond donors (Lipinski definition) is 1. The molecule has 0 fully saturated rings. The molecular formula is C17H21N7S. The molecule has 0 aliphatic rings. The highest BCUT2D eigenvalue weighted by Crippen LogP contribution is 2.34. The van der Waals surface area contributed by atoms with Crippen molar-refractivity contribution in [1.29, 1.82) is 0 Å². The lowest BCUT2D eigenvalue weighted by Gasteiger charge is -2.15. The Hall–Kier alpha value is -2.61. The Labute approximate surface area is 151 Å². The van der Waals surface area contributed by atoms with Crippen LogP contribution < -0.4 is 10.6 Å². The maximum Gasteiger partial charge on any atom is 0.229 e. The van der Waals surface area contributed by atoms with Gasteiger partial charge >= 0.3 is 0 Å². The van der Waals surface area contributed by atoms with Crippen LogP contribution in [0.1, 0.15) is 23.6 Å². The first-order valence-corrected chi connectivity index (χ1v) is 8.78. The summed E-state index contributed by atoms with van der Waals surface area (Å²) < 4.78 is 2.08. The number of nitrogen functional groups attached to an aromatic ring is 1. The van der Waals surface area contributed by atoms with E-state index in [9.17, 15) is 0 Å². The fraction of sp³-hybridized carbons (Fsp3) is 0.294. The second kappa shape index (κ2) is 7.10. The number of aryl methyl sites for hydroxylation is 1. The number of imidazole rings is 1. The van der Waals surface area contributed by atoms with Crippen LogP contribution in [-0.4, -0.2) is 38.6 Å². The minimum absolute atomic E-state index is 0.0193. The topological polar surface area (TPSA) is 85.8 Å². The molecule has 25 heavy (non-hydrogen) atoms. The molecule has 3 aromatic rings. The average Bonchev–Trinajstić information content (AvgIpc) is 3.02. The largest absolute Gasteiger partial charge is 0.368 e. The van der Waals surface area contributed by atoms with Crippen LogP contribution in [0.3, 0.4) is 0 Å². The molecule has 1 atom stereocenters. The molecular weight excluding hydrogens is 334 g/mol. The number of anilines is 2. The molecule has 3 rings (SSSR count). The van der Waals surface area contributed by atoms with Gasteiger partial charge in [-0.05, 0) is 25.5 Å². The fourth-order valence-electron chi connectivity index (χ4n) is 2.38. The number of para-hydroxylation sites is 1. The summed E-state index contributed by atoms with van der Waals surface area (Å²) in [7, 11) is 3.75. The van der Waals surface area contributed by atoms with Crippen molar-refractivity contribution in [3.63, 3.8) is 0 Å². The third kappa shape index (κ3) is 3.74. The summed E-state index contributed by atoms with van der Waals surface area (Å²) in [6.45, 7) is 4.12. The van der Waals surface area contributed by atoms with Crippen LogP contribution in [-0.2, 0) is 0 Å². The van der Waals surface area contributed by atoms with E-state index in [1.54, 1.807) is 18.0 Å². The Morgan fingerprint density at radius 2 is 1.92 bits per heavy atom. The molecule has 1 unspecified atom stereocenters. The summed E-state index contributed by atoms with van der Waals surface area (Å²) in [4.78, 5) is 19.2. The van der Waals surface area contributed by atoms with Gasteiger partial charge in [0.15, 0.2) is 5.16 Å². The number of hydrogen-bond acceptors (Lipinski definition) is 7. The van der Waals surface area contributed by atoms with Gasteiger partial charge in [0.1, 0.15) is 5.82 Å². The molecule has 1 aromatic carbocycles. The molecule has 0 saturated carbocycles. The molecule has 0 radical (unpaired) electrons. The first-order valence-electron chi connectivity index (χ1n) is 7.90.